The molecule has 0 aliphatic heterocycles. The van der Waals surface area contributed by atoms with Gasteiger partial charge in [-0.3, -0.25) is 0 Å². The number of nitrogens with two attached hydrogens (primary N) is 2. The average Bonchev–Trinajstić information content (AvgIpc) is 2.89. The summed E-state index contributed by atoms with van der Waals surface area (Å²) in [7, 11) is 0. The van der Waals surface area contributed by atoms with Gasteiger partial charge in [-0.25, -0.2) is 0 Å². The van der Waals surface area contributed by atoms with Crippen LogP contribution in [0, 0.1) is 0 Å². The molecule has 14 heavy (non-hydrogen) atoms. The van der Waals surface area contributed by atoms with E-state index in [2.05, 4.69) is 0 Å². The van der Waals surface area contributed by atoms with E-state index < -0.39 is 0 Å². The predicted octanol–water partition coefficient (Wildman–Crippen LogP) is 1.62. The highest BCUT2D eigenvalue weighted by atomic mass is 16.5. The summed E-state index contributed by atoms with van der Waals surface area (Å²) in [5.74, 6) is 0.877. The van der Waals surface area contributed by atoms with E-state index in [0.717, 1.165) is 29.8 Å². The second-order valence-corrected chi connectivity index (χ2v) is 3.84. The SMILES string of the molecule is CCOc1ccc(N)cc1C1(N)CC1. The largest absolute Gasteiger partial charge is 0.494 e. The standard InChI is InChI=1S/C11H16N2O/c1-2-14-10-4-3-8(12)7-9(10)11(13)5-6-11/h3-4,7H,2,5-6,12-13H2,1H3. The van der Waals surface area contributed by atoms with E-state index in [1.165, 1.54) is 0 Å². The molecular formula is C11H16N2O. The van der Waals surface area contributed by atoms with Crippen LogP contribution in [-0.2, 0) is 5.54 Å². The van der Waals surface area contributed by atoms with Crippen molar-refractivity contribution < 1.29 is 4.74 Å². The first-order chi connectivity index (χ1) is 6.65. The van der Waals surface area contributed by atoms with Crippen molar-refractivity contribution in [2.45, 2.75) is 25.3 Å². The molecule has 0 spiro atoms. The molecule has 1 aromatic carbocycles. The van der Waals surface area contributed by atoms with Gasteiger partial charge in [-0.2, -0.15) is 0 Å². The summed E-state index contributed by atoms with van der Waals surface area (Å²) in [5, 5.41) is 0. The lowest BCUT2D eigenvalue weighted by molar-refractivity contribution is 0.333. The van der Waals surface area contributed by atoms with Crippen LogP contribution in [0.4, 0.5) is 5.69 Å². The van der Waals surface area contributed by atoms with Gasteiger partial charge in [0.2, 0.25) is 0 Å². The third-order valence-corrected chi connectivity index (χ3v) is 2.63. The number of nitrogen functional groups attached to an aromatic ring is 1. The molecule has 4 N–H and O–H groups in total. The zero-order valence-corrected chi connectivity index (χ0v) is 8.42. The summed E-state index contributed by atoms with van der Waals surface area (Å²) in [6.45, 7) is 2.63. The van der Waals surface area contributed by atoms with Gasteiger partial charge in [0, 0.05) is 16.8 Å². The van der Waals surface area contributed by atoms with Crippen LogP contribution in [0.15, 0.2) is 18.2 Å². The summed E-state index contributed by atoms with van der Waals surface area (Å²) in [6, 6.07) is 5.68. The molecule has 0 atom stereocenters. The van der Waals surface area contributed by atoms with Gasteiger partial charge in [0.1, 0.15) is 5.75 Å². The fourth-order valence-electron chi connectivity index (χ4n) is 1.62. The van der Waals surface area contributed by atoms with Crippen LogP contribution in [0.5, 0.6) is 5.75 Å². The summed E-state index contributed by atoms with van der Waals surface area (Å²) in [6.07, 6.45) is 2.05. The van der Waals surface area contributed by atoms with Crippen LogP contribution in [0.25, 0.3) is 0 Å². The van der Waals surface area contributed by atoms with Crippen molar-refractivity contribution in [3.05, 3.63) is 23.8 Å². The van der Waals surface area contributed by atoms with Crippen LogP contribution in [0.2, 0.25) is 0 Å². The molecule has 0 heterocycles. The molecule has 3 heteroatoms. The first-order valence-electron chi connectivity index (χ1n) is 4.97. The minimum atomic E-state index is -0.181. The Balaban J connectivity index is 2.38. The predicted molar refractivity (Wildman–Crippen MR) is 57.1 cm³/mol. The fourth-order valence-corrected chi connectivity index (χ4v) is 1.62. The summed E-state index contributed by atoms with van der Waals surface area (Å²) in [4.78, 5) is 0. The van der Waals surface area contributed by atoms with Gasteiger partial charge < -0.3 is 16.2 Å². The van der Waals surface area contributed by atoms with Crippen LogP contribution >= 0.6 is 0 Å². The molecule has 0 unspecified atom stereocenters. The van der Waals surface area contributed by atoms with Crippen LogP contribution < -0.4 is 16.2 Å². The Morgan fingerprint density at radius 1 is 1.43 bits per heavy atom. The molecule has 1 aromatic rings. The van der Waals surface area contributed by atoms with E-state index in [-0.39, 0.29) is 5.54 Å². The second kappa shape index (κ2) is 3.17. The number of ether oxygens (including phenoxy) is 1. The van der Waals surface area contributed by atoms with Gasteiger partial charge in [-0.15, -0.1) is 0 Å². The monoisotopic (exact) mass is 192 g/mol. The minimum Gasteiger partial charge on any atom is -0.494 e. The second-order valence-electron chi connectivity index (χ2n) is 3.84. The number of hydrogen-bond donors (Lipinski definition) is 2. The third-order valence-electron chi connectivity index (χ3n) is 2.63. The molecule has 0 amide bonds. The van der Waals surface area contributed by atoms with Crippen LogP contribution in [0.1, 0.15) is 25.3 Å². The van der Waals surface area contributed by atoms with Gasteiger partial charge in [0.05, 0.1) is 6.61 Å². The number of hydrogen-bond acceptors (Lipinski definition) is 3. The lowest BCUT2D eigenvalue weighted by Gasteiger charge is -2.15. The highest BCUT2D eigenvalue weighted by Gasteiger charge is 2.42. The Bertz CT molecular complexity index is 345. The van der Waals surface area contributed by atoms with Gasteiger partial charge in [-0.05, 0) is 38.0 Å². The van der Waals surface area contributed by atoms with E-state index in [4.69, 9.17) is 16.2 Å². The lowest BCUT2D eigenvalue weighted by Crippen LogP contribution is -2.20. The van der Waals surface area contributed by atoms with Crippen molar-refractivity contribution in [1.29, 1.82) is 0 Å². The molecular weight excluding hydrogens is 176 g/mol. The van der Waals surface area contributed by atoms with Gasteiger partial charge in [0.15, 0.2) is 0 Å². The molecule has 76 valence electrons. The van der Waals surface area contributed by atoms with E-state index >= 15 is 0 Å². The molecule has 0 radical (unpaired) electrons. The van der Waals surface area contributed by atoms with Gasteiger partial charge in [-0.1, -0.05) is 0 Å². The van der Waals surface area contributed by atoms with E-state index in [0.29, 0.717) is 6.61 Å². The Labute approximate surface area is 84.0 Å². The number of benzene rings is 1. The first kappa shape index (κ1) is 9.34. The molecule has 0 aromatic heterocycles. The zero-order valence-electron chi connectivity index (χ0n) is 8.42. The normalized spacial score (nSPS) is 17.9. The van der Waals surface area contributed by atoms with Crippen LogP contribution in [0.3, 0.4) is 0 Å². The maximum Gasteiger partial charge on any atom is 0.124 e. The maximum absolute atomic E-state index is 6.13. The number of anilines is 1. The highest BCUT2D eigenvalue weighted by Crippen LogP contribution is 2.46. The Morgan fingerprint density at radius 2 is 2.14 bits per heavy atom. The molecule has 1 saturated carbocycles. The lowest BCUT2D eigenvalue weighted by atomic mass is 10.0. The molecule has 1 fully saturated rings. The highest BCUT2D eigenvalue weighted by molar-refractivity contribution is 5.52. The molecule has 1 aliphatic rings. The topological polar surface area (TPSA) is 61.3 Å². The zero-order chi connectivity index (χ0) is 10.2. The smallest absolute Gasteiger partial charge is 0.124 e. The Hall–Kier alpha value is -1.22. The van der Waals surface area contributed by atoms with Crippen LogP contribution in [-0.4, -0.2) is 6.61 Å². The van der Waals surface area contributed by atoms with E-state index in [1.807, 2.05) is 25.1 Å². The molecule has 3 nitrogen and oxygen atoms in total. The number of rotatable bonds is 3. The summed E-state index contributed by atoms with van der Waals surface area (Å²) < 4.78 is 5.52. The first-order valence-corrected chi connectivity index (χ1v) is 4.97. The molecule has 0 saturated heterocycles. The average molecular weight is 192 g/mol. The molecule has 2 rings (SSSR count). The maximum atomic E-state index is 6.13. The van der Waals surface area contributed by atoms with E-state index in [1.54, 1.807) is 0 Å². The quantitative estimate of drug-likeness (QED) is 0.715. The van der Waals surface area contributed by atoms with Crippen molar-refractivity contribution in [2.24, 2.45) is 5.73 Å². The van der Waals surface area contributed by atoms with Gasteiger partial charge >= 0.3 is 0 Å². The molecule has 0 bridgehead atoms. The molecule has 1 aliphatic carbocycles. The van der Waals surface area contributed by atoms with Crippen molar-refractivity contribution in [2.75, 3.05) is 12.3 Å². The Morgan fingerprint density at radius 3 is 2.71 bits per heavy atom. The Kier molecular flexibility index (Phi) is 2.11. The fraction of sp³-hybridized carbons (Fsp3) is 0.455. The minimum absolute atomic E-state index is 0.181. The third kappa shape index (κ3) is 1.55. The summed E-state index contributed by atoms with van der Waals surface area (Å²) >= 11 is 0. The van der Waals surface area contributed by atoms with Gasteiger partial charge in [0.25, 0.3) is 0 Å². The van der Waals surface area contributed by atoms with Crippen molar-refractivity contribution in [3.63, 3.8) is 0 Å². The van der Waals surface area contributed by atoms with E-state index in [9.17, 15) is 0 Å². The van der Waals surface area contributed by atoms with Crippen molar-refractivity contribution >= 4 is 5.69 Å². The van der Waals surface area contributed by atoms with Crippen molar-refractivity contribution in [3.8, 4) is 5.75 Å². The van der Waals surface area contributed by atoms with Crippen molar-refractivity contribution in [1.82, 2.24) is 0 Å². The summed E-state index contributed by atoms with van der Waals surface area (Å²) in [5.41, 5.74) is 13.5.